The molecule has 1 atom stereocenters. The Hall–Kier alpha value is -3.16. The van der Waals surface area contributed by atoms with Crippen LogP contribution in [-0.4, -0.2) is 46.6 Å². The Balaban J connectivity index is 2.42. The Morgan fingerprint density at radius 2 is 1.75 bits per heavy atom. The van der Waals surface area contributed by atoms with Crippen LogP contribution in [0.3, 0.4) is 0 Å². The lowest BCUT2D eigenvalue weighted by Crippen LogP contribution is -2.47. The number of para-hydroxylation sites is 1. The monoisotopic (exact) mass is 444 g/mol. The van der Waals surface area contributed by atoms with E-state index < -0.39 is 35.4 Å². The van der Waals surface area contributed by atoms with Crippen molar-refractivity contribution in [2.75, 3.05) is 6.61 Å². The molecule has 2 rings (SSSR count). The maximum Gasteiger partial charge on any atom is 0.419 e. The average Bonchev–Trinajstić information content (AvgIpc) is 3.10. The molecule has 0 radical (unpaired) electrons. The summed E-state index contributed by atoms with van der Waals surface area (Å²) < 4.78 is 11.7. The van der Waals surface area contributed by atoms with Crippen molar-refractivity contribution in [1.29, 1.82) is 0 Å². The number of hydrogen-bond donors (Lipinski definition) is 1. The minimum absolute atomic E-state index is 0.0635. The number of rotatable bonds is 9. The van der Waals surface area contributed by atoms with Gasteiger partial charge in [0.25, 0.3) is 0 Å². The van der Waals surface area contributed by atoms with Gasteiger partial charge in [0, 0.05) is 23.6 Å². The summed E-state index contributed by atoms with van der Waals surface area (Å²) in [4.78, 5) is 51.0. The van der Waals surface area contributed by atoms with Gasteiger partial charge in [-0.15, -0.1) is 0 Å². The van der Waals surface area contributed by atoms with Gasteiger partial charge in [-0.2, -0.15) is 0 Å². The number of hydrogen-bond acceptors (Lipinski definition) is 6. The van der Waals surface area contributed by atoms with Crippen molar-refractivity contribution in [3.8, 4) is 0 Å². The highest BCUT2D eigenvalue weighted by atomic mass is 16.6. The van der Waals surface area contributed by atoms with Gasteiger partial charge in [-0.3, -0.25) is 14.2 Å². The zero-order valence-corrected chi connectivity index (χ0v) is 19.4. The number of ketones is 1. The highest BCUT2D eigenvalue weighted by Crippen LogP contribution is 2.24. The number of carbonyl (C=O) groups is 4. The molecule has 0 saturated heterocycles. The van der Waals surface area contributed by atoms with E-state index in [1.54, 1.807) is 52.0 Å². The molecule has 174 valence electrons. The van der Waals surface area contributed by atoms with E-state index in [1.807, 2.05) is 6.92 Å². The van der Waals surface area contributed by atoms with Crippen molar-refractivity contribution in [1.82, 2.24) is 9.88 Å². The molecule has 1 aromatic carbocycles. The van der Waals surface area contributed by atoms with E-state index in [1.165, 1.54) is 10.8 Å². The number of aromatic nitrogens is 1. The molecule has 0 bridgehead atoms. The summed E-state index contributed by atoms with van der Waals surface area (Å²) in [5, 5.41) is 2.98. The van der Waals surface area contributed by atoms with Gasteiger partial charge >= 0.3 is 12.1 Å². The highest BCUT2D eigenvalue weighted by molar-refractivity contribution is 6.19. The number of nitrogens with one attached hydrogen (secondary N) is 1. The minimum atomic E-state index is -1.50. The van der Waals surface area contributed by atoms with Crippen LogP contribution in [0.2, 0.25) is 0 Å². The maximum atomic E-state index is 13.4. The molecule has 1 unspecified atom stereocenters. The zero-order chi connectivity index (χ0) is 23.9. The summed E-state index contributed by atoms with van der Waals surface area (Å²) >= 11 is 0. The Labute approximate surface area is 188 Å². The second-order valence-electron chi connectivity index (χ2n) is 8.48. The maximum absolute atomic E-state index is 13.4. The number of unbranched alkanes of at least 4 members (excludes halogenated alkanes) is 2. The van der Waals surface area contributed by atoms with E-state index >= 15 is 0 Å². The van der Waals surface area contributed by atoms with Crippen LogP contribution in [0.15, 0.2) is 30.5 Å². The van der Waals surface area contributed by atoms with Crippen LogP contribution in [0.4, 0.5) is 4.79 Å². The van der Waals surface area contributed by atoms with Crippen LogP contribution < -0.4 is 5.32 Å². The molecule has 8 nitrogen and oxygen atoms in total. The molecule has 1 N–H and O–H groups in total. The summed E-state index contributed by atoms with van der Waals surface area (Å²) in [6.45, 7) is 8.93. The second kappa shape index (κ2) is 10.9. The van der Waals surface area contributed by atoms with Gasteiger partial charge in [-0.1, -0.05) is 38.0 Å². The summed E-state index contributed by atoms with van der Waals surface area (Å²) in [5.74, 6) is -1.89. The Morgan fingerprint density at radius 1 is 1.06 bits per heavy atom. The number of benzene rings is 1. The summed E-state index contributed by atoms with van der Waals surface area (Å²) in [6, 6.07) is 5.31. The smallest absolute Gasteiger partial charge is 0.419 e. The molecule has 0 aliphatic carbocycles. The van der Waals surface area contributed by atoms with E-state index in [4.69, 9.17) is 9.47 Å². The fraction of sp³-hybridized carbons (Fsp3) is 0.500. The van der Waals surface area contributed by atoms with Crippen molar-refractivity contribution in [3.63, 3.8) is 0 Å². The van der Waals surface area contributed by atoms with Gasteiger partial charge < -0.3 is 14.8 Å². The number of ether oxygens (including phenoxy) is 2. The standard InChI is InChI=1S/C24H32N2O6/c1-6-8-9-14-19(27)25-20(22(29)31-7-2)21(28)17-15-26(23(30)32-24(3,4)5)18-13-11-10-12-16(17)18/h10-13,15,20H,6-9,14H2,1-5H3,(H,25,27). The van der Waals surface area contributed by atoms with Gasteiger partial charge in [0.1, 0.15) is 5.60 Å². The van der Waals surface area contributed by atoms with Gasteiger partial charge in [-0.05, 0) is 40.2 Å². The predicted octanol–water partition coefficient (Wildman–Crippen LogP) is 4.24. The number of fused-ring (bicyclic) bond motifs is 1. The topological polar surface area (TPSA) is 104 Å². The first-order chi connectivity index (χ1) is 15.1. The fourth-order valence-corrected chi connectivity index (χ4v) is 3.22. The number of carbonyl (C=O) groups excluding carboxylic acids is 4. The van der Waals surface area contributed by atoms with E-state index in [0.29, 0.717) is 17.3 Å². The first-order valence-electron chi connectivity index (χ1n) is 10.9. The van der Waals surface area contributed by atoms with Crippen LogP contribution >= 0.6 is 0 Å². The molecule has 2 aromatic rings. The molecule has 1 amide bonds. The van der Waals surface area contributed by atoms with Gasteiger partial charge in [-0.25, -0.2) is 9.59 Å². The first kappa shape index (κ1) is 25.1. The molecule has 8 heteroatoms. The van der Waals surface area contributed by atoms with Gasteiger partial charge in [0.15, 0.2) is 11.8 Å². The van der Waals surface area contributed by atoms with Crippen LogP contribution in [0.1, 0.15) is 70.7 Å². The SMILES string of the molecule is CCCCCC(=O)NC(C(=O)OCC)C(=O)c1cn(C(=O)OC(C)(C)C)c2ccccc12. The molecule has 0 aliphatic rings. The summed E-state index contributed by atoms with van der Waals surface area (Å²) in [6.07, 6.45) is 3.37. The molecular formula is C24H32N2O6. The molecule has 0 aliphatic heterocycles. The Morgan fingerprint density at radius 3 is 2.38 bits per heavy atom. The van der Waals surface area contributed by atoms with E-state index in [-0.39, 0.29) is 18.6 Å². The molecule has 1 heterocycles. The number of esters is 1. The third kappa shape index (κ3) is 6.42. The summed E-state index contributed by atoms with van der Waals surface area (Å²) in [5.41, 5.74) is -0.146. The number of amides is 1. The fourth-order valence-electron chi connectivity index (χ4n) is 3.22. The van der Waals surface area contributed by atoms with Crippen LogP contribution in [0.25, 0.3) is 10.9 Å². The molecule has 1 aromatic heterocycles. The van der Waals surface area contributed by atoms with Crippen LogP contribution in [-0.2, 0) is 19.1 Å². The molecular weight excluding hydrogens is 412 g/mol. The van der Waals surface area contributed by atoms with Gasteiger partial charge in [0.05, 0.1) is 12.1 Å². The first-order valence-corrected chi connectivity index (χ1v) is 10.9. The predicted molar refractivity (Wildman–Crippen MR) is 121 cm³/mol. The van der Waals surface area contributed by atoms with Crippen molar-refractivity contribution in [3.05, 3.63) is 36.0 Å². The van der Waals surface area contributed by atoms with Crippen LogP contribution in [0.5, 0.6) is 0 Å². The quantitative estimate of drug-likeness (QED) is 0.269. The number of Topliss-reactive ketones (excluding diaryl/α,β-unsaturated/α-hetero) is 1. The van der Waals surface area contributed by atoms with E-state index in [0.717, 1.165) is 12.8 Å². The van der Waals surface area contributed by atoms with E-state index in [2.05, 4.69) is 5.32 Å². The number of nitrogens with zero attached hydrogens (tertiary/aromatic N) is 1. The lowest BCUT2D eigenvalue weighted by molar-refractivity contribution is -0.145. The second-order valence-corrected chi connectivity index (χ2v) is 8.48. The average molecular weight is 445 g/mol. The third-order valence-corrected chi connectivity index (χ3v) is 4.66. The van der Waals surface area contributed by atoms with E-state index in [9.17, 15) is 19.2 Å². The molecule has 0 saturated carbocycles. The lowest BCUT2D eigenvalue weighted by Gasteiger charge is -2.19. The Bertz CT molecular complexity index is 986. The highest BCUT2D eigenvalue weighted by Gasteiger charge is 2.33. The molecule has 0 spiro atoms. The van der Waals surface area contributed by atoms with Crippen molar-refractivity contribution in [2.24, 2.45) is 0 Å². The van der Waals surface area contributed by atoms with Crippen LogP contribution in [0, 0.1) is 0 Å². The third-order valence-electron chi connectivity index (χ3n) is 4.66. The summed E-state index contributed by atoms with van der Waals surface area (Å²) in [7, 11) is 0. The Kier molecular flexibility index (Phi) is 8.57. The minimum Gasteiger partial charge on any atom is -0.464 e. The largest absolute Gasteiger partial charge is 0.464 e. The lowest BCUT2D eigenvalue weighted by atomic mass is 10.0. The molecule has 0 fully saturated rings. The van der Waals surface area contributed by atoms with Crippen molar-refractivity contribution in [2.45, 2.75) is 71.9 Å². The zero-order valence-electron chi connectivity index (χ0n) is 19.4. The van der Waals surface area contributed by atoms with Gasteiger partial charge in [0.2, 0.25) is 5.91 Å². The van der Waals surface area contributed by atoms with Crippen molar-refractivity contribution >= 4 is 34.7 Å². The van der Waals surface area contributed by atoms with Crippen molar-refractivity contribution < 1.29 is 28.7 Å². The molecule has 32 heavy (non-hydrogen) atoms. The normalized spacial score (nSPS) is 12.3.